The first-order valence-corrected chi connectivity index (χ1v) is 11.1. The highest BCUT2D eigenvalue weighted by molar-refractivity contribution is 14.1. The predicted octanol–water partition coefficient (Wildman–Crippen LogP) is 1.67. The SMILES string of the molecule is Cc1cc2c3c(nc(=O)n2I)N2CCN(I)CC2CS(=O)(=O)c3c1F. The van der Waals surface area contributed by atoms with Crippen molar-refractivity contribution in [3.8, 4) is 0 Å². The van der Waals surface area contributed by atoms with Crippen LogP contribution in [-0.4, -0.2) is 50.7 Å². The van der Waals surface area contributed by atoms with Gasteiger partial charge in [-0.1, -0.05) is 0 Å². The lowest BCUT2D eigenvalue weighted by atomic mass is 10.1. The van der Waals surface area contributed by atoms with Gasteiger partial charge in [0.1, 0.15) is 16.5 Å². The average molecular weight is 590 g/mol. The normalized spacial score (nSPS) is 22.7. The van der Waals surface area contributed by atoms with Gasteiger partial charge in [0.25, 0.3) is 0 Å². The summed E-state index contributed by atoms with van der Waals surface area (Å²) >= 11 is 3.93. The number of fused-ring (bicyclic) bond motifs is 2. The fraction of sp³-hybridized carbons (Fsp3) is 0.429. The number of aromatic nitrogens is 2. The summed E-state index contributed by atoms with van der Waals surface area (Å²) in [4.78, 5) is 17.9. The zero-order valence-electron chi connectivity index (χ0n) is 13.0. The van der Waals surface area contributed by atoms with E-state index in [0.717, 1.165) is 0 Å². The van der Waals surface area contributed by atoms with Crippen molar-refractivity contribution in [2.24, 2.45) is 0 Å². The van der Waals surface area contributed by atoms with Gasteiger partial charge < -0.3 is 4.90 Å². The van der Waals surface area contributed by atoms with Crippen molar-refractivity contribution in [2.75, 3.05) is 30.3 Å². The predicted molar refractivity (Wildman–Crippen MR) is 109 cm³/mol. The molecule has 0 aliphatic carbocycles. The number of anilines is 1. The Bertz CT molecular complexity index is 1070. The molecule has 7 nitrogen and oxygen atoms in total. The van der Waals surface area contributed by atoms with Crippen LogP contribution in [0.15, 0.2) is 15.8 Å². The van der Waals surface area contributed by atoms with Crippen molar-refractivity contribution in [3.05, 3.63) is 27.9 Å². The molecular weight excluding hydrogens is 577 g/mol. The van der Waals surface area contributed by atoms with Gasteiger partial charge in [0.2, 0.25) is 0 Å². The first-order valence-electron chi connectivity index (χ1n) is 7.53. The van der Waals surface area contributed by atoms with Crippen molar-refractivity contribution < 1.29 is 12.8 Å². The molecule has 1 saturated heterocycles. The van der Waals surface area contributed by atoms with Gasteiger partial charge in [0.15, 0.2) is 9.84 Å². The summed E-state index contributed by atoms with van der Waals surface area (Å²) in [6.45, 7) is 3.25. The number of benzene rings is 1. The molecule has 1 unspecified atom stereocenters. The maximum atomic E-state index is 14.9. The van der Waals surface area contributed by atoms with Crippen LogP contribution in [0, 0.1) is 12.7 Å². The first-order chi connectivity index (χ1) is 11.7. The topological polar surface area (TPSA) is 75.5 Å². The monoisotopic (exact) mass is 590 g/mol. The maximum Gasteiger partial charge on any atom is 0.359 e. The molecule has 0 saturated carbocycles. The Kier molecular flexibility index (Phi) is 4.28. The molecule has 0 N–H and O–H groups in total. The van der Waals surface area contributed by atoms with E-state index in [1.165, 1.54) is 15.8 Å². The van der Waals surface area contributed by atoms with E-state index in [2.05, 4.69) is 27.8 Å². The summed E-state index contributed by atoms with van der Waals surface area (Å²) in [5.41, 5.74) is 0.0871. The van der Waals surface area contributed by atoms with Crippen LogP contribution in [0.1, 0.15) is 5.56 Å². The average Bonchev–Trinajstić information content (AvgIpc) is 2.61. The smallest absolute Gasteiger partial charge is 0.349 e. The van der Waals surface area contributed by atoms with Crippen LogP contribution in [0.2, 0.25) is 0 Å². The number of halogens is 3. The van der Waals surface area contributed by atoms with Crippen LogP contribution in [0.3, 0.4) is 0 Å². The highest BCUT2D eigenvalue weighted by Crippen LogP contribution is 2.39. The van der Waals surface area contributed by atoms with Gasteiger partial charge in [0.05, 0.1) is 45.6 Å². The fourth-order valence-electron chi connectivity index (χ4n) is 3.49. The molecule has 3 heterocycles. The molecule has 4 rings (SSSR count). The van der Waals surface area contributed by atoms with Crippen LogP contribution in [0.5, 0.6) is 0 Å². The third kappa shape index (κ3) is 2.68. The van der Waals surface area contributed by atoms with E-state index in [1.807, 2.05) is 8.01 Å². The minimum Gasteiger partial charge on any atom is -0.349 e. The Morgan fingerprint density at radius 3 is 2.76 bits per heavy atom. The second-order valence-electron chi connectivity index (χ2n) is 6.23. The molecule has 0 spiro atoms. The largest absolute Gasteiger partial charge is 0.359 e. The number of hydrogen-bond donors (Lipinski definition) is 0. The van der Waals surface area contributed by atoms with Crippen molar-refractivity contribution in [3.63, 3.8) is 0 Å². The van der Waals surface area contributed by atoms with Crippen LogP contribution in [-0.2, 0) is 9.84 Å². The van der Waals surface area contributed by atoms with Crippen LogP contribution in [0.4, 0.5) is 10.2 Å². The standard InChI is InChI=1S/C14H13FI2N4O3S/c1-7-4-9-10-12(11(7)15)25(23,24)6-8-5-19(16)2-3-20(8)13(10)18-14(22)21(9)17/h4,8H,2-3,5-6H2,1H3. The molecule has 2 aromatic rings. The Morgan fingerprint density at radius 2 is 2.04 bits per heavy atom. The molecule has 1 aromatic carbocycles. The Morgan fingerprint density at radius 1 is 1.32 bits per heavy atom. The second-order valence-corrected chi connectivity index (χ2v) is 10.5. The summed E-state index contributed by atoms with van der Waals surface area (Å²) in [6, 6.07) is 1.14. The van der Waals surface area contributed by atoms with Crippen molar-refractivity contribution >= 4 is 72.3 Å². The summed E-state index contributed by atoms with van der Waals surface area (Å²) in [6.07, 6.45) is 0. The minimum absolute atomic E-state index is 0.198. The highest BCUT2D eigenvalue weighted by Gasteiger charge is 2.40. The van der Waals surface area contributed by atoms with Crippen molar-refractivity contribution in [1.82, 2.24) is 10.9 Å². The van der Waals surface area contributed by atoms with E-state index in [4.69, 9.17) is 0 Å². The molecular formula is C14H13FI2N4O3S. The minimum atomic E-state index is -3.87. The number of hydrogen-bond acceptors (Lipinski definition) is 6. The van der Waals surface area contributed by atoms with Crippen LogP contribution in [0.25, 0.3) is 10.9 Å². The fourth-order valence-corrected chi connectivity index (χ4v) is 6.54. The van der Waals surface area contributed by atoms with Gasteiger partial charge >= 0.3 is 5.69 Å². The third-order valence-electron chi connectivity index (χ3n) is 4.61. The van der Waals surface area contributed by atoms with E-state index < -0.39 is 21.3 Å². The van der Waals surface area contributed by atoms with Gasteiger partial charge in [-0.25, -0.2) is 23.5 Å². The quantitative estimate of drug-likeness (QED) is 0.344. The molecule has 0 bridgehead atoms. The Hall–Kier alpha value is -0.540. The summed E-state index contributed by atoms with van der Waals surface area (Å²) in [7, 11) is -3.87. The molecule has 0 amide bonds. The molecule has 1 aromatic heterocycles. The van der Waals surface area contributed by atoms with Gasteiger partial charge in [-0.3, -0.25) is 0 Å². The molecule has 11 heteroatoms. The maximum absolute atomic E-state index is 14.9. The van der Waals surface area contributed by atoms with Crippen molar-refractivity contribution in [2.45, 2.75) is 17.9 Å². The van der Waals surface area contributed by atoms with E-state index >= 15 is 0 Å². The third-order valence-corrected chi connectivity index (χ3v) is 8.25. The Balaban J connectivity index is 2.19. The van der Waals surface area contributed by atoms with E-state index in [-0.39, 0.29) is 33.5 Å². The molecule has 2 aliphatic heterocycles. The first kappa shape index (κ1) is 17.9. The second kappa shape index (κ2) is 5.99. The zero-order chi connectivity index (χ0) is 18.1. The lowest BCUT2D eigenvalue weighted by Crippen LogP contribution is -2.53. The molecule has 0 radical (unpaired) electrons. The Labute approximate surface area is 171 Å². The summed E-state index contributed by atoms with van der Waals surface area (Å²) < 4.78 is 44.1. The summed E-state index contributed by atoms with van der Waals surface area (Å²) in [5, 5.41) is 0.210. The van der Waals surface area contributed by atoms with Crippen LogP contribution >= 0.6 is 45.7 Å². The number of sulfone groups is 1. The van der Waals surface area contributed by atoms with Gasteiger partial charge in [-0.05, 0) is 18.6 Å². The molecule has 1 atom stereocenters. The summed E-state index contributed by atoms with van der Waals surface area (Å²) in [5.74, 6) is -0.678. The zero-order valence-corrected chi connectivity index (χ0v) is 18.2. The van der Waals surface area contributed by atoms with Crippen LogP contribution < -0.4 is 10.6 Å². The lowest BCUT2D eigenvalue weighted by molar-refractivity contribution is 0.398. The van der Waals surface area contributed by atoms with E-state index in [1.54, 1.807) is 22.9 Å². The number of nitrogens with zero attached hydrogens (tertiary/aromatic N) is 4. The number of rotatable bonds is 0. The molecule has 2 aliphatic rings. The highest BCUT2D eigenvalue weighted by atomic mass is 127. The molecule has 134 valence electrons. The number of aryl methyl sites for hydroxylation is 1. The molecule has 25 heavy (non-hydrogen) atoms. The van der Waals surface area contributed by atoms with E-state index in [0.29, 0.717) is 25.2 Å². The van der Waals surface area contributed by atoms with Gasteiger partial charge in [-0.2, -0.15) is 4.98 Å². The van der Waals surface area contributed by atoms with Crippen molar-refractivity contribution in [1.29, 1.82) is 0 Å². The molecule has 1 fully saturated rings. The van der Waals surface area contributed by atoms with Gasteiger partial charge in [0, 0.05) is 42.5 Å². The van der Waals surface area contributed by atoms with Gasteiger partial charge in [-0.15, -0.1) is 0 Å². The number of piperazine rings is 1. The van der Waals surface area contributed by atoms with E-state index in [9.17, 15) is 17.6 Å². The lowest BCUT2D eigenvalue weighted by Gasteiger charge is -2.38.